The molecule has 0 unspecified atom stereocenters. The molecular weight excluding hydrogens is 266 g/mol. The summed E-state index contributed by atoms with van der Waals surface area (Å²) < 4.78 is 0. The van der Waals surface area contributed by atoms with Gasteiger partial charge < -0.3 is 0 Å². The second-order valence-electron chi connectivity index (χ2n) is 5.39. The number of nitrogens with zero attached hydrogens (tertiary/aromatic N) is 4. The molecule has 0 amide bonds. The third-order valence-corrected chi connectivity index (χ3v) is 3.54. The monoisotopic (exact) mass is 281 g/mol. The number of aromatic amines is 1. The van der Waals surface area contributed by atoms with Crippen molar-refractivity contribution in [1.82, 2.24) is 20.2 Å². The Hall–Kier alpha value is -2.55. The van der Waals surface area contributed by atoms with E-state index in [1.807, 2.05) is 13.0 Å². The minimum atomic E-state index is -0.944. The van der Waals surface area contributed by atoms with Gasteiger partial charge in [-0.3, -0.25) is 9.89 Å². The van der Waals surface area contributed by atoms with E-state index in [4.69, 9.17) is 0 Å². The lowest BCUT2D eigenvalue weighted by atomic mass is 9.98. The summed E-state index contributed by atoms with van der Waals surface area (Å²) in [5.74, 6) is -0.222. The minimum absolute atomic E-state index is 0.303. The van der Waals surface area contributed by atoms with Gasteiger partial charge in [-0.15, -0.1) is 0 Å². The van der Waals surface area contributed by atoms with Crippen LogP contribution in [0.1, 0.15) is 58.1 Å². The summed E-state index contributed by atoms with van der Waals surface area (Å²) in [5, 5.41) is 16.3. The van der Waals surface area contributed by atoms with Crippen LogP contribution < -0.4 is 0 Å². The molecule has 1 fully saturated rings. The van der Waals surface area contributed by atoms with Crippen LogP contribution >= 0.6 is 0 Å². The molecule has 1 N–H and O–H groups in total. The van der Waals surface area contributed by atoms with Gasteiger partial charge >= 0.3 is 0 Å². The first-order valence-electron chi connectivity index (χ1n) is 6.90. The fourth-order valence-electron chi connectivity index (χ4n) is 2.37. The van der Waals surface area contributed by atoms with Crippen molar-refractivity contribution in [2.75, 3.05) is 0 Å². The van der Waals surface area contributed by atoms with Crippen LogP contribution in [0.2, 0.25) is 0 Å². The first-order valence-corrected chi connectivity index (χ1v) is 6.90. The number of carbonyl (C=O) groups excluding carboxylic acids is 1. The van der Waals surface area contributed by atoms with Gasteiger partial charge in [-0.1, -0.05) is 0 Å². The van der Waals surface area contributed by atoms with Gasteiger partial charge in [-0.05, 0) is 38.8 Å². The summed E-state index contributed by atoms with van der Waals surface area (Å²) in [6, 6.07) is 5.46. The molecule has 1 aliphatic rings. The third kappa shape index (κ3) is 2.68. The molecule has 21 heavy (non-hydrogen) atoms. The van der Waals surface area contributed by atoms with Gasteiger partial charge in [0.1, 0.15) is 11.5 Å². The summed E-state index contributed by atoms with van der Waals surface area (Å²) in [6.45, 7) is 3.56. The zero-order chi connectivity index (χ0) is 15.0. The molecule has 0 spiro atoms. The maximum absolute atomic E-state index is 12.5. The van der Waals surface area contributed by atoms with Gasteiger partial charge in [0.25, 0.3) is 0 Å². The largest absolute Gasteiger partial charge is 0.290 e. The number of ketones is 1. The Labute approximate surface area is 122 Å². The summed E-state index contributed by atoms with van der Waals surface area (Å²) in [6.07, 6.45) is 2.25. The highest BCUT2D eigenvalue weighted by molar-refractivity contribution is 6.01. The van der Waals surface area contributed by atoms with Crippen LogP contribution in [0.5, 0.6) is 0 Å². The first kappa shape index (κ1) is 13.4. The number of nitrogens with one attached hydrogen (secondary N) is 1. The van der Waals surface area contributed by atoms with Crippen LogP contribution in [0.4, 0.5) is 0 Å². The van der Waals surface area contributed by atoms with Gasteiger partial charge in [0.15, 0.2) is 5.92 Å². The maximum atomic E-state index is 12.5. The molecule has 0 radical (unpaired) electrons. The first-order chi connectivity index (χ1) is 10.1. The third-order valence-electron chi connectivity index (χ3n) is 3.54. The van der Waals surface area contributed by atoms with Crippen LogP contribution in [0, 0.1) is 25.2 Å². The number of aryl methyl sites for hydroxylation is 2. The Morgan fingerprint density at radius 3 is 2.76 bits per heavy atom. The van der Waals surface area contributed by atoms with Crippen molar-refractivity contribution in [3.63, 3.8) is 0 Å². The molecule has 2 heterocycles. The summed E-state index contributed by atoms with van der Waals surface area (Å²) >= 11 is 0. The Bertz CT molecular complexity index is 719. The lowest BCUT2D eigenvalue weighted by molar-refractivity contribution is 0.0972. The SMILES string of the molecule is Cc1cc([C@@H](C#N)C(=O)c2cc(C3CC3)[nH]n2)nc(C)n1. The van der Waals surface area contributed by atoms with E-state index in [2.05, 4.69) is 20.2 Å². The van der Waals surface area contributed by atoms with Crippen molar-refractivity contribution >= 4 is 5.78 Å². The van der Waals surface area contributed by atoms with Gasteiger partial charge in [-0.25, -0.2) is 9.97 Å². The van der Waals surface area contributed by atoms with Crippen LogP contribution in [0.15, 0.2) is 12.1 Å². The fraction of sp³-hybridized carbons (Fsp3) is 0.400. The Balaban J connectivity index is 1.91. The number of H-pyrrole nitrogens is 1. The second-order valence-corrected chi connectivity index (χ2v) is 5.39. The Kier molecular flexibility index (Phi) is 3.26. The second kappa shape index (κ2) is 5.09. The lowest BCUT2D eigenvalue weighted by Crippen LogP contribution is -2.14. The molecule has 106 valence electrons. The molecule has 1 saturated carbocycles. The highest BCUT2D eigenvalue weighted by Crippen LogP contribution is 2.39. The van der Waals surface area contributed by atoms with Gasteiger partial charge in [0, 0.05) is 17.3 Å². The molecule has 0 bridgehead atoms. The molecule has 6 nitrogen and oxygen atoms in total. The van der Waals surface area contributed by atoms with Gasteiger partial charge in [0.05, 0.1) is 11.8 Å². The van der Waals surface area contributed by atoms with E-state index in [1.165, 1.54) is 0 Å². The topological polar surface area (TPSA) is 95.3 Å². The number of carbonyl (C=O) groups is 1. The number of nitriles is 1. The molecule has 6 heteroatoms. The average Bonchev–Trinajstić information content (AvgIpc) is 3.16. The highest BCUT2D eigenvalue weighted by atomic mass is 16.1. The van der Waals surface area contributed by atoms with Crippen LogP contribution in [-0.2, 0) is 0 Å². The van der Waals surface area contributed by atoms with E-state index in [1.54, 1.807) is 19.1 Å². The average molecular weight is 281 g/mol. The van der Waals surface area contributed by atoms with E-state index in [9.17, 15) is 10.1 Å². The molecule has 3 rings (SSSR count). The Morgan fingerprint density at radius 1 is 1.38 bits per heavy atom. The molecule has 1 atom stereocenters. The minimum Gasteiger partial charge on any atom is -0.290 e. The summed E-state index contributed by atoms with van der Waals surface area (Å²) in [4.78, 5) is 20.9. The fourth-order valence-corrected chi connectivity index (χ4v) is 2.37. The highest BCUT2D eigenvalue weighted by Gasteiger charge is 2.29. The number of hydrogen-bond donors (Lipinski definition) is 1. The predicted octanol–water partition coefficient (Wildman–Crippen LogP) is 2.18. The zero-order valence-electron chi connectivity index (χ0n) is 11.9. The van der Waals surface area contributed by atoms with E-state index < -0.39 is 5.92 Å². The van der Waals surface area contributed by atoms with Crippen molar-refractivity contribution < 1.29 is 4.79 Å². The van der Waals surface area contributed by atoms with E-state index in [0.717, 1.165) is 24.2 Å². The smallest absolute Gasteiger partial charge is 0.206 e. The molecule has 2 aromatic rings. The lowest BCUT2D eigenvalue weighted by Gasteiger charge is -2.07. The van der Waals surface area contributed by atoms with Crippen LogP contribution in [-0.4, -0.2) is 25.9 Å². The molecule has 0 aromatic carbocycles. The maximum Gasteiger partial charge on any atom is 0.206 e. The van der Waals surface area contributed by atoms with Crippen molar-refractivity contribution in [1.29, 1.82) is 5.26 Å². The molecule has 0 aliphatic heterocycles. The van der Waals surface area contributed by atoms with E-state index >= 15 is 0 Å². The molecule has 2 aromatic heterocycles. The molecule has 1 aliphatic carbocycles. The molecule has 0 saturated heterocycles. The predicted molar refractivity (Wildman–Crippen MR) is 74.8 cm³/mol. The van der Waals surface area contributed by atoms with Crippen molar-refractivity contribution in [2.45, 2.75) is 38.5 Å². The van der Waals surface area contributed by atoms with Crippen molar-refractivity contribution in [3.8, 4) is 6.07 Å². The van der Waals surface area contributed by atoms with E-state index in [0.29, 0.717) is 23.1 Å². The van der Waals surface area contributed by atoms with Gasteiger partial charge in [-0.2, -0.15) is 10.4 Å². The Morgan fingerprint density at radius 2 is 2.14 bits per heavy atom. The zero-order valence-corrected chi connectivity index (χ0v) is 11.9. The summed E-state index contributed by atoms with van der Waals surface area (Å²) in [5.41, 5.74) is 2.46. The number of rotatable bonds is 4. The molecular formula is C15H15N5O. The quantitative estimate of drug-likeness (QED) is 0.866. The van der Waals surface area contributed by atoms with Crippen LogP contribution in [0.3, 0.4) is 0 Å². The van der Waals surface area contributed by atoms with Crippen molar-refractivity contribution in [3.05, 3.63) is 40.7 Å². The number of hydrogen-bond acceptors (Lipinski definition) is 5. The van der Waals surface area contributed by atoms with E-state index in [-0.39, 0.29) is 5.78 Å². The standard InChI is InChI=1S/C15H15N5O/c1-8-5-13(18-9(2)17-8)11(7-16)15(21)14-6-12(19-20-14)10-3-4-10/h5-6,10-11H,3-4H2,1-2H3,(H,19,20)/t11-/m1/s1. The normalized spacial score (nSPS) is 15.5. The summed E-state index contributed by atoms with van der Waals surface area (Å²) in [7, 11) is 0. The van der Waals surface area contributed by atoms with Gasteiger partial charge in [0.2, 0.25) is 5.78 Å². The number of Topliss-reactive ketones (excluding diaryl/α,β-unsaturated/α-hetero) is 1. The van der Waals surface area contributed by atoms with Crippen LogP contribution in [0.25, 0.3) is 0 Å². The van der Waals surface area contributed by atoms with Crippen molar-refractivity contribution in [2.24, 2.45) is 0 Å². The number of aromatic nitrogens is 4.